The molecule has 0 radical (unpaired) electrons. The van der Waals surface area contributed by atoms with Crippen molar-refractivity contribution in [1.29, 1.82) is 0 Å². The van der Waals surface area contributed by atoms with Crippen molar-refractivity contribution in [2.75, 3.05) is 39.1 Å². The predicted octanol–water partition coefficient (Wildman–Crippen LogP) is 2.88. The fourth-order valence-electron chi connectivity index (χ4n) is 1.89. The van der Waals surface area contributed by atoms with Crippen LogP contribution < -0.4 is 15.5 Å². The van der Waals surface area contributed by atoms with Gasteiger partial charge in [-0.15, -0.1) is 24.0 Å². The van der Waals surface area contributed by atoms with Crippen molar-refractivity contribution in [1.82, 2.24) is 10.6 Å². The molecule has 0 spiro atoms. The van der Waals surface area contributed by atoms with Crippen LogP contribution in [0, 0.1) is 0 Å². The number of rotatable bonds is 7. The molecule has 0 atom stereocenters. The summed E-state index contributed by atoms with van der Waals surface area (Å²) in [5, 5.41) is 6.66. The Morgan fingerprint density at radius 3 is 2.24 bits per heavy atom. The number of aliphatic imine (C=N–C) groups is 1. The van der Waals surface area contributed by atoms with Gasteiger partial charge in [-0.05, 0) is 30.5 Å². The third-order valence-electron chi connectivity index (χ3n) is 3.21. The molecule has 0 amide bonds. The van der Waals surface area contributed by atoms with Gasteiger partial charge in [-0.3, -0.25) is 4.99 Å². The van der Waals surface area contributed by atoms with Crippen molar-refractivity contribution >= 4 is 35.6 Å². The second-order valence-electron chi connectivity index (χ2n) is 5.09. The molecule has 0 aliphatic heterocycles. The molecule has 1 aromatic rings. The summed E-state index contributed by atoms with van der Waals surface area (Å²) in [4.78, 5) is 6.33. The number of nitrogens with one attached hydrogen (secondary N) is 2. The third kappa shape index (κ3) is 8.14. The minimum atomic E-state index is 0. The van der Waals surface area contributed by atoms with Gasteiger partial charge in [-0.25, -0.2) is 0 Å². The summed E-state index contributed by atoms with van der Waals surface area (Å²) >= 11 is 0. The van der Waals surface area contributed by atoms with Gasteiger partial charge in [0.2, 0.25) is 0 Å². The van der Waals surface area contributed by atoms with E-state index < -0.39 is 0 Å². The SMILES string of the molecule is CCCCNC(=NC)NCCc1ccc(N(C)C)cc1.I. The molecule has 4 nitrogen and oxygen atoms in total. The van der Waals surface area contributed by atoms with E-state index in [1.165, 1.54) is 24.1 Å². The van der Waals surface area contributed by atoms with Crippen molar-refractivity contribution in [3.8, 4) is 0 Å². The van der Waals surface area contributed by atoms with E-state index in [-0.39, 0.29) is 24.0 Å². The molecule has 120 valence electrons. The summed E-state index contributed by atoms with van der Waals surface area (Å²) in [5.74, 6) is 0.892. The van der Waals surface area contributed by atoms with Crippen molar-refractivity contribution < 1.29 is 0 Å². The molecule has 0 saturated carbocycles. The molecule has 21 heavy (non-hydrogen) atoms. The van der Waals surface area contributed by atoms with Crippen molar-refractivity contribution in [3.63, 3.8) is 0 Å². The summed E-state index contributed by atoms with van der Waals surface area (Å²) < 4.78 is 0. The standard InChI is InChI=1S/C16H28N4.HI/c1-5-6-12-18-16(17-2)19-13-11-14-7-9-15(10-8-14)20(3)4;/h7-10H,5-6,11-13H2,1-4H3,(H2,17,18,19);1H. The number of benzene rings is 1. The van der Waals surface area contributed by atoms with Crippen LogP contribution in [0.3, 0.4) is 0 Å². The predicted molar refractivity (Wildman–Crippen MR) is 104 cm³/mol. The molecule has 5 heteroatoms. The fourth-order valence-corrected chi connectivity index (χ4v) is 1.89. The Balaban J connectivity index is 0.00000400. The Hall–Kier alpha value is -0.980. The Morgan fingerprint density at radius 1 is 1.10 bits per heavy atom. The molecular weight excluding hydrogens is 375 g/mol. The van der Waals surface area contributed by atoms with Crippen LogP contribution in [0.2, 0.25) is 0 Å². The van der Waals surface area contributed by atoms with Gasteiger partial charge in [0.05, 0.1) is 0 Å². The summed E-state index contributed by atoms with van der Waals surface area (Å²) in [7, 11) is 5.93. The van der Waals surface area contributed by atoms with Crippen LogP contribution in [0.25, 0.3) is 0 Å². The van der Waals surface area contributed by atoms with Gasteiger partial charge in [0.25, 0.3) is 0 Å². The molecule has 0 aromatic heterocycles. The van der Waals surface area contributed by atoms with Crippen LogP contribution >= 0.6 is 24.0 Å². The molecule has 0 heterocycles. The molecule has 0 unspecified atom stereocenters. The number of unbranched alkanes of at least 4 members (excludes halogenated alkanes) is 1. The van der Waals surface area contributed by atoms with Crippen LogP contribution in [0.4, 0.5) is 5.69 Å². The summed E-state index contributed by atoms with van der Waals surface area (Å²) in [6.07, 6.45) is 3.37. The monoisotopic (exact) mass is 404 g/mol. The Labute approximate surface area is 146 Å². The average molecular weight is 404 g/mol. The number of guanidine groups is 1. The minimum Gasteiger partial charge on any atom is -0.378 e. The first kappa shape index (κ1) is 20.0. The van der Waals surface area contributed by atoms with Crippen molar-refractivity contribution in [2.24, 2.45) is 4.99 Å². The molecule has 0 bridgehead atoms. The fraction of sp³-hybridized carbons (Fsp3) is 0.562. The van der Waals surface area contributed by atoms with E-state index in [0.717, 1.165) is 25.5 Å². The van der Waals surface area contributed by atoms with Gasteiger partial charge >= 0.3 is 0 Å². The van der Waals surface area contributed by atoms with Gasteiger partial charge in [0.1, 0.15) is 0 Å². The number of hydrogen-bond acceptors (Lipinski definition) is 2. The quantitative estimate of drug-likeness (QED) is 0.318. The second-order valence-corrected chi connectivity index (χ2v) is 5.09. The van der Waals surface area contributed by atoms with E-state index in [4.69, 9.17) is 0 Å². The van der Waals surface area contributed by atoms with E-state index in [9.17, 15) is 0 Å². The van der Waals surface area contributed by atoms with E-state index in [2.05, 4.69) is 65.8 Å². The van der Waals surface area contributed by atoms with Crippen LogP contribution in [-0.4, -0.2) is 40.2 Å². The summed E-state index contributed by atoms with van der Waals surface area (Å²) in [6, 6.07) is 8.68. The van der Waals surface area contributed by atoms with E-state index >= 15 is 0 Å². The van der Waals surface area contributed by atoms with E-state index in [1.54, 1.807) is 0 Å². The lowest BCUT2D eigenvalue weighted by Gasteiger charge is -2.13. The molecule has 1 rings (SSSR count). The van der Waals surface area contributed by atoms with Crippen molar-refractivity contribution in [2.45, 2.75) is 26.2 Å². The molecule has 0 saturated heterocycles. The Morgan fingerprint density at radius 2 is 1.71 bits per heavy atom. The zero-order valence-electron chi connectivity index (χ0n) is 13.6. The first-order valence-electron chi connectivity index (χ1n) is 7.38. The van der Waals surface area contributed by atoms with Gasteiger partial charge in [0.15, 0.2) is 5.96 Å². The molecular formula is C16H29IN4. The first-order chi connectivity index (χ1) is 9.67. The maximum absolute atomic E-state index is 4.22. The average Bonchev–Trinajstić information content (AvgIpc) is 2.46. The highest BCUT2D eigenvalue weighted by atomic mass is 127. The van der Waals surface area contributed by atoms with Gasteiger partial charge in [-0.1, -0.05) is 25.5 Å². The highest BCUT2D eigenvalue weighted by molar-refractivity contribution is 14.0. The highest BCUT2D eigenvalue weighted by Gasteiger charge is 1.98. The largest absolute Gasteiger partial charge is 0.378 e. The molecule has 0 aliphatic rings. The molecule has 0 aliphatic carbocycles. The maximum Gasteiger partial charge on any atom is 0.190 e. The van der Waals surface area contributed by atoms with Crippen LogP contribution in [0.1, 0.15) is 25.3 Å². The second kappa shape index (κ2) is 11.7. The summed E-state index contributed by atoms with van der Waals surface area (Å²) in [6.45, 7) is 4.07. The number of halogens is 1. The van der Waals surface area contributed by atoms with Crippen molar-refractivity contribution in [3.05, 3.63) is 29.8 Å². The lowest BCUT2D eigenvalue weighted by Crippen LogP contribution is -2.38. The van der Waals surface area contributed by atoms with Gasteiger partial charge < -0.3 is 15.5 Å². The number of nitrogens with zero attached hydrogens (tertiary/aromatic N) is 2. The zero-order valence-corrected chi connectivity index (χ0v) is 16.0. The Bertz CT molecular complexity index is 401. The van der Waals surface area contributed by atoms with Gasteiger partial charge in [-0.2, -0.15) is 0 Å². The highest BCUT2D eigenvalue weighted by Crippen LogP contribution is 2.12. The van der Waals surface area contributed by atoms with Crippen LogP contribution in [0.5, 0.6) is 0 Å². The smallest absolute Gasteiger partial charge is 0.190 e. The molecule has 0 fully saturated rings. The number of anilines is 1. The normalized spacial score (nSPS) is 10.8. The van der Waals surface area contributed by atoms with E-state index in [1.807, 2.05) is 7.05 Å². The van der Waals surface area contributed by atoms with Gasteiger partial charge in [0, 0.05) is 39.9 Å². The molecule has 1 aromatic carbocycles. The minimum absolute atomic E-state index is 0. The van der Waals surface area contributed by atoms with Crippen LogP contribution in [0.15, 0.2) is 29.3 Å². The topological polar surface area (TPSA) is 39.7 Å². The Kier molecular flexibility index (Phi) is 11.1. The zero-order chi connectivity index (χ0) is 14.8. The third-order valence-corrected chi connectivity index (χ3v) is 3.21. The molecule has 2 N–H and O–H groups in total. The number of hydrogen-bond donors (Lipinski definition) is 2. The van der Waals surface area contributed by atoms with Crippen LogP contribution in [-0.2, 0) is 6.42 Å². The van der Waals surface area contributed by atoms with E-state index in [0.29, 0.717) is 0 Å². The summed E-state index contributed by atoms with van der Waals surface area (Å²) in [5.41, 5.74) is 2.57. The maximum atomic E-state index is 4.22. The lowest BCUT2D eigenvalue weighted by atomic mass is 10.1. The lowest BCUT2D eigenvalue weighted by molar-refractivity contribution is 0.727. The first-order valence-corrected chi connectivity index (χ1v) is 7.38.